The first-order valence-corrected chi connectivity index (χ1v) is 12.2. The molecule has 2 aliphatic rings. The number of fused-ring (bicyclic) bond motifs is 2. The summed E-state index contributed by atoms with van der Waals surface area (Å²) in [7, 11) is 2.22. The zero-order chi connectivity index (χ0) is 22.6. The number of furan rings is 1. The summed E-state index contributed by atoms with van der Waals surface area (Å²) >= 11 is 0. The summed E-state index contributed by atoms with van der Waals surface area (Å²) < 4.78 is 6.36. The zero-order valence-electron chi connectivity index (χ0n) is 21.0. The van der Waals surface area contributed by atoms with Crippen molar-refractivity contribution in [2.75, 3.05) is 0 Å². The van der Waals surface area contributed by atoms with E-state index < -0.39 is 0 Å². The maximum atomic E-state index is 6.36. The van der Waals surface area contributed by atoms with Crippen LogP contribution in [0.3, 0.4) is 0 Å². The van der Waals surface area contributed by atoms with Gasteiger partial charge in [-0.2, -0.15) is 0 Å². The van der Waals surface area contributed by atoms with Gasteiger partial charge in [-0.05, 0) is 90.5 Å². The van der Waals surface area contributed by atoms with E-state index in [4.69, 9.17) is 4.42 Å². The molecule has 4 rings (SSSR count). The lowest BCUT2D eigenvalue weighted by atomic mass is 9.63. The molecule has 0 amide bonds. The molecule has 0 spiro atoms. The van der Waals surface area contributed by atoms with E-state index >= 15 is 0 Å². The van der Waals surface area contributed by atoms with Crippen LogP contribution in [-0.2, 0) is 10.8 Å². The predicted octanol–water partition coefficient (Wildman–Crippen LogP) is 7.79. The van der Waals surface area contributed by atoms with Crippen LogP contribution in [0.2, 0.25) is 0 Å². The van der Waals surface area contributed by atoms with Gasteiger partial charge in [-0.15, -0.1) is 0 Å². The molecular formula is C29H40BO. The summed E-state index contributed by atoms with van der Waals surface area (Å²) in [5.41, 5.74) is 8.61. The second kappa shape index (κ2) is 7.71. The Hall–Kier alpha value is -1.70. The lowest BCUT2D eigenvalue weighted by molar-refractivity contribution is 0.256. The molecule has 1 heterocycles. The Balaban J connectivity index is 1.65. The van der Waals surface area contributed by atoms with Crippen LogP contribution in [0, 0.1) is 11.3 Å². The third kappa shape index (κ3) is 4.45. The van der Waals surface area contributed by atoms with Crippen molar-refractivity contribution in [2.24, 2.45) is 11.3 Å². The molecule has 1 fully saturated rings. The van der Waals surface area contributed by atoms with Crippen LogP contribution in [0.15, 0.2) is 45.8 Å². The van der Waals surface area contributed by atoms with Gasteiger partial charge in [-0.1, -0.05) is 71.7 Å². The van der Waals surface area contributed by atoms with Gasteiger partial charge in [0.25, 0.3) is 0 Å². The van der Waals surface area contributed by atoms with E-state index in [1.54, 1.807) is 5.57 Å². The fraction of sp³-hybridized carbons (Fsp3) is 0.586. The highest BCUT2D eigenvalue weighted by molar-refractivity contribution is 6.60. The minimum atomic E-state index is 0.207. The minimum absolute atomic E-state index is 0.207. The molecule has 31 heavy (non-hydrogen) atoms. The summed E-state index contributed by atoms with van der Waals surface area (Å²) in [4.78, 5) is 0. The molecule has 0 aliphatic heterocycles. The molecule has 0 saturated heterocycles. The molecule has 1 aromatic carbocycles. The van der Waals surface area contributed by atoms with Crippen LogP contribution in [0.1, 0.15) is 98.6 Å². The topological polar surface area (TPSA) is 13.1 Å². The van der Waals surface area contributed by atoms with Crippen molar-refractivity contribution in [2.45, 2.75) is 98.3 Å². The first-order valence-electron chi connectivity index (χ1n) is 12.2. The van der Waals surface area contributed by atoms with Crippen molar-refractivity contribution < 1.29 is 4.42 Å². The van der Waals surface area contributed by atoms with Gasteiger partial charge in [-0.3, -0.25) is 0 Å². The zero-order valence-corrected chi connectivity index (χ0v) is 21.0. The van der Waals surface area contributed by atoms with Gasteiger partial charge in [0, 0.05) is 5.39 Å². The summed E-state index contributed by atoms with van der Waals surface area (Å²) in [6, 6.07) is 6.94. The molecule has 0 bridgehead atoms. The largest absolute Gasteiger partial charge is 0.472 e. The van der Waals surface area contributed by atoms with Crippen LogP contribution in [0.5, 0.6) is 0 Å². The van der Waals surface area contributed by atoms with Crippen molar-refractivity contribution >= 4 is 23.9 Å². The first-order chi connectivity index (χ1) is 14.4. The monoisotopic (exact) mass is 415 g/mol. The van der Waals surface area contributed by atoms with Crippen LogP contribution in [0.25, 0.3) is 11.0 Å². The summed E-state index contributed by atoms with van der Waals surface area (Å²) in [6.45, 7) is 18.8. The number of hydrogen-bond acceptors (Lipinski definition) is 1. The highest BCUT2D eigenvalue weighted by atomic mass is 16.3. The van der Waals surface area contributed by atoms with Crippen molar-refractivity contribution in [1.82, 2.24) is 0 Å². The van der Waals surface area contributed by atoms with E-state index in [-0.39, 0.29) is 10.8 Å². The molecule has 165 valence electrons. The molecule has 2 heteroatoms. The van der Waals surface area contributed by atoms with E-state index in [1.165, 1.54) is 54.1 Å². The lowest BCUT2D eigenvalue weighted by Gasteiger charge is -2.41. The Morgan fingerprint density at radius 3 is 2.26 bits per heavy atom. The molecule has 2 aliphatic carbocycles. The molecule has 2 aromatic rings. The van der Waals surface area contributed by atoms with Crippen LogP contribution in [-0.4, -0.2) is 7.28 Å². The lowest BCUT2D eigenvalue weighted by Crippen LogP contribution is -2.33. The standard InChI is InChI=1S/C29H40BO/c1-9-22(14-21-18-27(3,4)11-10-19(21)2)30-26-16-20-15-23-24(17-25(20)31-26)29(7,8)13-12-28(23,5)6/h9,14-17,19H,10-13,18H2,1-8H3/b21-14+,22-9+. The van der Waals surface area contributed by atoms with E-state index in [0.717, 1.165) is 11.2 Å². The van der Waals surface area contributed by atoms with Crippen LogP contribution in [0.4, 0.5) is 0 Å². The summed E-state index contributed by atoms with van der Waals surface area (Å²) in [5, 5.41) is 1.23. The van der Waals surface area contributed by atoms with Gasteiger partial charge in [0.15, 0.2) is 0 Å². The van der Waals surface area contributed by atoms with Crippen molar-refractivity contribution in [3.05, 3.63) is 52.5 Å². The maximum absolute atomic E-state index is 6.36. The molecule has 1 saturated carbocycles. The number of allylic oxidation sites excluding steroid dienone is 4. The second-order valence-electron chi connectivity index (χ2n) is 12.3. The number of hydrogen-bond donors (Lipinski definition) is 0. The Labute approximate surface area is 190 Å². The quantitative estimate of drug-likeness (QED) is 0.466. The van der Waals surface area contributed by atoms with Crippen LogP contribution >= 0.6 is 0 Å². The predicted molar refractivity (Wildman–Crippen MR) is 136 cm³/mol. The highest BCUT2D eigenvalue weighted by Gasteiger charge is 2.37. The maximum Gasteiger partial charge on any atom is 0.240 e. The van der Waals surface area contributed by atoms with Gasteiger partial charge in [0.1, 0.15) is 5.58 Å². The van der Waals surface area contributed by atoms with E-state index in [1.807, 2.05) is 0 Å². The van der Waals surface area contributed by atoms with Crippen molar-refractivity contribution in [1.29, 1.82) is 0 Å². The SMILES string of the molecule is C/C=C([B]c1cc2cc3c(cc2o1)C(C)(C)CCC3(C)C)\C=C1/CC(C)(C)CCC1C. The molecule has 1 aromatic heterocycles. The Kier molecular flexibility index (Phi) is 5.60. The number of rotatable bonds is 3. The molecule has 1 nitrogen and oxygen atoms in total. The fourth-order valence-corrected chi connectivity index (χ4v) is 5.58. The highest BCUT2D eigenvalue weighted by Crippen LogP contribution is 2.47. The van der Waals surface area contributed by atoms with E-state index in [9.17, 15) is 0 Å². The summed E-state index contributed by atoms with van der Waals surface area (Å²) in [6.07, 6.45) is 10.9. The fourth-order valence-electron chi connectivity index (χ4n) is 5.58. The van der Waals surface area contributed by atoms with E-state index in [0.29, 0.717) is 11.3 Å². The molecule has 0 N–H and O–H groups in total. The molecule has 1 radical (unpaired) electrons. The third-order valence-electron chi connectivity index (χ3n) is 8.07. The Morgan fingerprint density at radius 2 is 1.61 bits per heavy atom. The van der Waals surface area contributed by atoms with Crippen molar-refractivity contribution in [3.8, 4) is 0 Å². The molecule has 1 unspecified atom stereocenters. The van der Waals surface area contributed by atoms with Crippen LogP contribution < -0.4 is 5.66 Å². The van der Waals surface area contributed by atoms with Gasteiger partial charge in [0.2, 0.25) is 7.28 Å². The smallest absolute Gasteiger partial charge is 0.240 e. The van der Waals surface area contributed by atoms with Gasteiger partial charge in [0.05, 0.1) is 5.66 Å². The van der Waals surface area contributed by atoms with Crippen molar-refractivity contribution in [3.63, 3.8) is 0 Å². The molecule has 1 atom stereocenters. The first kappa shape index (κ1) is 22.5. The Morgan fingerprint density at radius 1 is 0.968 bits per heavy atom. The second-order valence-corrected chi connectivity index (χ2v) is 12.3. The average Bonchev–Trinajstić information content (AvgIpc) is 3.08. The summed E-state index contributed by atoms with van der Waals surface area (Å²) in [5.74, 6) is 0.670. The van der Waals surface area contributed by atoms with Gasteiger partial charge < -0.3 is 4.42 Å². The minimum Gasteiger partial charge on any atom is -0.472 e. The van der Waals surface area contributed by atoms with Gasteiger partial charge in [-0.25, -0.2) is 0 Å². The third-order valence-corrected chi connectivity index (χ3v) is 8.07. The van der Waals surface area contributed by atoms with Gasteiger partial charge >= 0.3 is 0 Å². The Bertz CT molecular complexity index is 991. The average molecular weight is 415 g/mol. The molecular weight excluding hydrogens is 375 g/mol. The van der Waals surface area contributed by atoms with E-state index in [2.05, 4.69) is 93.0 Å². The number of benzene rings is 1. The normalized spacial score (nSPS) is 26.1.